The average Bonchev–Trinajstić information content (AvgIpc) is 3.04. The summed E-state index contributed by atoms with van der Waals surface area (Å²) in [5.74, 6) is 2.41. The van der Waals surface area contributed by atoms with E-state index in [2.05, 4.69) is 18.3 Å². The van der Waals surface area contributed by atoms with Gasteiger partial charge in [0, 0.05) is 16.3 Å². The van der Waals surface area contributed by atoms with Gasteiger partial charge in [0.25, 0.3) is 0 Å². The molecule has 108 valence electrons. The van der Waals surface area contributed by atoms with Gasteiger partial charge >= 0.3 is 0 Å². The predicted octanol–water partition coefficient (Wildman–Crippen LogP) is 4.97. The quantitative estimate of drug-likeness (QED) is 0.787. The van der Waals surface area contributed by atoms with Crippen molar-refractivity contribution in [1.82, 2.24) is 5.32 Å². The summed E-state index contributed by atoms with van der Waals surface area (Å²) in [7, 11) is 0. The van der Waals surface area contributed by atoms with Gasteiger partial charge < -0.3 is 9.73 Å². The molecule has 0 bridgehead atoms. The third-order valence-electron chi connectivity index (χ3n) is 4.36. The monoisotopic (exact) mass is 291 g/mol. The molecule has 20 heavy (non-hydrogen) atoms. The summed E-state index contributed by atoms with van der Waals surface area (Å²) in [5, 5.41) is 5.46. The summed E-state index contributed by atoms with van der Waals surface area (Å²) in [6.07, 6.45) is 5.05. The van der Waals surface area contributed by atoms with E-state index in [4.69, 9.17) is 16.0 Å². The number of benzene rings is 1. The lowest BCUT2D eigenvalue weighted by atomic mass is 9.93. The van der Waals surface area contributed by atoms with Gasteiger partial charge in [0.2, 0.25) is 0 Å². The van der Waals surface area contributed by atoms with Crippen molar-refractivity contribution < 1.29 is 4.42 Å². The van der Waals surface area contributed by atoms with E-state index in [-0.39, 0.29) is 0 Å². The van der Waals surface area contributed by atoms with Crippen molar-refractivity contribution >= 4 is 22.6 Å². The van der Waals surface area contributed by atoms with Gasteiger partial charge in [-0.3, -0.25) is 0 Å². The predicted molar refractivity (Wildman–Crippen MR) is 84.5 cm³/mol. The third-order valence-corrected chi connectivity index (χ3v) is 4.59. The van der Waals surface area contributed by atoms with E-state index in [0.29, 0.717) is 11.8 Å². The largest absolute Gasteiger partial charge is 0.461 e. The Morgan fingerprint density at radius 3 is 3.05 bits per heavy atom. The van der Waals surface area contributed by atoms with Gasteiger partial charge in [0.1, 0.15) is 11.3 Å². The van der Waals surface area contributed by atoms with Crippen LogP contribution in [0.5, 0.6) is 0 Å². The van der Waals surface area contributed by atoms with Crippen molar-refractivity contribution in [1.29, 1.82) is 0 Å². The highest BCUT2D eigenvalue weighted by Crippen LogP contribution is 2.41. The molecule has 1 N–H and O–H groups in total. The van der Waals surface area contributed by atoms with Crippen LogP contribution in [0.25, 0.3) is 11.0 Å². The molecule has 3 rings (SSSR count). The highest BCUT2D eigenvalue weighted by atomic mass is 35.5. The smallest absolute Gasteiger partial charge is 0.134 e. The van der Waals surface area contributed by atoms with Crippen LogP contribution in [0.2, 0.25) is 5.02 Å². The maximum Gasteiger partial charge on any atom is 0.134 e. The standard InChI is InChI=1S/C17H22ClNO/c1-2-8-19-11-12-4-3-5-15(12)17-10-13-9-14(18)6-7-16(13)20-17/h6-7,9-10,12,15,19H,2-5,8,11H2,1H3. The average molecular weight is 292 g/mol. The summed E-state index contributed by atoms with van der Waals surface area (Å²) in [6.45, 7) is 4.43. The topological polar surface area (TPSA) is 25.2 Å². The maximum atomic E-state index is 6.06. The van der Waals surface area contributed by atoms with Crippen molar-refractivity contribution in [2.75, 3.05) is 13.1 Å². The van der Waals surface area contributed by atoms with Gasteiger partial charge in [-0.25, -0.2) is 0 Å². The minimum atomic E-state index is 0.561. The zero-order chi connectivity index (χ0) is 13.9. The van der Waals surface area contributed by atoms with Crippen molar-refractivity contribution in [3.05, 3.63) is 35.0 Å². The molecule has 0 radical (unpaired) electrons. The molecule has 0 spiro atoms. The van der Waals surface area contributed by atoms with Gasteiger partial charge in [-0.2, -0.15) is 0 Å². The number of nitrogens with one attached hydrogen (secondary N) is 1. The van der Waals surface area contributed by atoms with Crippen LogP contribution in [0.15, 0.2) is 28.7 Å². The first-order valence-corrected chi connectivity index (χ1v) is 8.05. The Hall–Kier alpha value is -0.990. The van der Waals surface area contributed by atoms with Gasteiger partial charge in [-0.15, -0.1) is 0 Å². The molecule has 0 amide bonds. The van der Waals surface area contributed by atoms with Crippen molar-refractivity contribution in [2.45, 2.75) is 38.5 Å². The zero-order valence-electron chi connectivity index (χ0n) is 12.0. The highest BCUT2D eigenvalue weighted by Gasteiger charge is 2.30. The summed E-state index contributed by atoms with van der Waals surface area (Å²) in [5.41, 5.74) is 0.955. The van der Waals surface area contributed by atoms with E-state index in [1.807, 2.05) is 18.2 Å². The second kappa shape index (κ2) is 6.19. The highest BCUT2D eigenvalue weighted by molar-refractivity contribution is 6.31. The van der Waals surface area contributed by atoms with Crippen molar-refractivity contribution in [2.24, 2.45) is 5.92 Å². The molecular weight excluding hydrogens is 270 g/mol. The first-order chi connectivity index (χ1) is 9.78. The van der Waals surface area contributed by atoms with Crippen molar-refractivity contribution in [3.8, 4) is 0 Å². The van der Waals surface area contributed by atoms with Crippen molar-refractivity contribution in [3.63, 3.8) is 0 Å². The Balaban J connectivity index is 1.78. The summed E-state index contributed by atoms with van der Waals surface area (Å²) in [4.78, 5) is 0. The number of furan rings is 1. The molecule has 0 aliphatic heterocycles. The van der Waals surface area contributed by atoms with Gasteiger partial charge in [0.15, 0.2) is 0 Å². The van der Waals surface area contributed by atoms with E-state index in [0.717, 1.165) is 34.8 Å². The first-order valence-electron chi connectivity index (χ1n) is 7.67. The van der Waals surface area contributed by atoms with Gasteiger partial charge in [-0.1, -0.05) is 24.9 Å². The lowest BCUT2D eigenvalue weighted by Gasteiger charge is -2.17. The SMILES string of the molecule is CCCNCC1CCCC1c1cc2cc(Cl)ccc2o1. The molecule has 1 aromatic heterocycles. The fraction of sp³-hybridized carbons (Fsp3) is 0.529. The molecule has 2 nitrogen and oxygen atoms in total. The lowest BCUT2D eigenvalue weighted by molar-refractivity contribution is 0.391. The molecule has 2 atom stereocenters. The summed E-state index contributed by atoms with van der Waals surface area (Å²) >= 11 is 6.05. The van der Waals surface area contributed by atoms with Crippen LogP contribution in [0.4, 0.5) is 0 Å². The van der Waals surface area contributed by atoms with E-state index in [1.54, 1.807) is 0 Å². The molecule has 1 saturated carbocycles. The molecule has 1 fully saturated rings. The molecule has 1 heterocycles. The number of rotatable bonds is 5. The van der Waals surface area contributed by atoms with Gasteiger partial charge in [-0.05, 0) is 62.5 Å². The second-order valence-corrected chi connectivity index (χ2v) is 6.27. The molecular formula is C17H22ClNO. The Morgan fingerprint density at radius 1 is 1.30 bits per heavy atom. The molecule has 2 unspecified atom stereocenters. The van der Waals surface area contributed by atoms with Crippen LogP contribution in [0.3, 0.4) is 0 Å². The number of halogens is 1. The fourth-order valence-corrected chi connectivity index (χ4v) is 3.52. The number of hydrogen-bond donors (Lipinski definition) is 1. The normalized spacial score (nSPS) is 22.7. The zero-order valence-corrected chi connectivity index (χ0v) is 12.7. The maximum absolute atomic E-state index is 6.06. The molecule has 2 aromatic rings. The molecule has 1 aliphatic carbocycles. The van der Waals surface area contributed by atoms with Crippen LogP contribution >= 0.6 is 11.6 Å². The molecule has 3 heteroatoms. The second-order valence-electron chi connectivity index (χ2n) is 5.83. The minimum Gasteiger partial charge on any atom is -0.461 e. The fourth-order valence-electron chi connectivity index (χ4n) is 3.34. The number of fused-ring (bicyclic) bond motifs is 1. The number of hydrogen-bond acceptors (Lipinski definition) is 2. The van der Waals surface area contributed by atoms with E-state index < -0.39 is 0 Å². The van der Waals surface area contributed by atoms with Crippen LogP contribution in [-0.4, -0.2) is 13.1 Å². The lowest BCUT2D eigenvalue weighted by Crippen LogP contribution is -2.25. The van der Waals surface area contributed by atoms with Gasteiger partial charge in [0.05, 0.1) is 0 Å². The summed E-state index contributed by atoms with van der Waals surface area (Å²) in [6, 6.07) is 8.04. The van der Waals surface area contributed by atoms with E-state index >= 15 is 0 Å². The third kappa shape index (κ3) is 2.87. The Kier molecular flexibility index (Phi) is 4.32. The van der Waals surface area contributed by atoms with Crippen LogP contribution in [-0.2, 0) is 0 Å². The molecule has 1 aliphatic rings. The van der Waals surface area contributed by atoms with E-state index in [9.17, 15) is 0 Å². The van der Waals surface area contributed by atoms with Crippen LogP contribution in [0, 0.1) is 5.92 Å². The Labute approximate surface area is 125 Å². The summed E-state index contributed by atoms with van der Waals surface area (Å²) < 4.78 is 6.06. The Morgan fingerprint density at radius 2 is 2.20 bits per heavy atom. The molecule has 1 aromatic carbocycles. The first kappa shape index (κ1) is 14.0. The molecule has 0 saturated heterocycles. The van der Waals surface area contributed by atoms with Crippen LogP contribution < -0.4 is 5.32 Å². The van der Waals surface area contributed by atoms with Crippen LogP contribution in [0.1, 0.15) is 44.3 Å². The minimum absolute atomic E-state index is 0.561. The van der Waals surface area contributed by atoms with E-state index in [1.165, 1.54) is 25.7 Å². The Bertz CT molecular complexity index is 577.